The fourth-order valence-electron chi connectivity index (χ4n) is 3.39. The summed E-state index contributed by atoms with van der Waals surface area (Å²) in [4.78, 5) is 2.38. The number of hydrogen-bond acceptors (Lipinski definition) is 1. The molecule has 2 aromatic carbocycles. The second-order valence-corrected chi connectivity index (χ2v) is 6.95. The summed E-state index contributed by atoms with van der Waals surface area (Å²) in [5.41, 5.74) is 6.27. The lowest BCUT2D eigenvalue weighted by Gasteiger charge is -2.23. The molecular formula is C21H19ClN2. The SMILES string of the molecule is Cc1ccc2c(c1)c1c(n2C#Cc2ccc(Cl)cc2)CCN(C)C1. The molecule has 1 aliphatic heterocycles. The molecular weight excluding hydrogens is 316 g/mol. The van der Waals surface area contributed by atoms with Crippen LogP contribution in [-0.2, 0) is 13.0 Å². The fourth-order valence-corrected chi connectivity index (χ4v) is 3.51. The van der Waals surface area contributed by atoms with Crippen molar-refractivity contribution in [1.82, 2.24) is 9.47 Å². The van der Waals surface area contributed by atoms with Crippen LogP contribution in [0.1, 0.15) is 22.4 Å². The van der Waals surface area contributed by atoms with Crippen molar-refractivity contribution in [1.29, 1.82) is 0 Å². The third kappa shape index (κ3) is 2.71. The fraction of sp³-hybridized carbons (Fsp3) is 0.238. The van der Waals surface area contributed by atoms with Crippen molar-refractivity contribution >= 4 is 22.5 Å². The van der Waals surface area contributed by atoms with E-state index in [0.29, 0.717) is 0 Å². The van der Waals surface area contributed by atoms with Crippen molar-refractivity contribution in [3.05, 3.63) is 69.9 Å². The Morgan fingerprint density at radius 2 is 1.88 bits per heavy atom. The highest BCUT2D eigenvalue weighted by Crippen LogP contribution is 2.30. The minimum atomic E-state index is 0.739. The average molecular weight is 335 g/mol. The third-order valence-electron chi connectivity index (χ3n) is 4.65. The van der Waals surface area contributed by atoms with Gasteiger partial charge < -0.3 is 4.90 Å². The van der Waals surface area contributed by atoms with Gasteiger partial charge in [-0.05, 0) is 61.9 Å². The first-order chi connectivity index (χ1) is 11.6. The minimum absolute atomic E-state index is 0.739. The summed E-state index contributed by atoms with van der Waals surface area (Å²) in [7, 11) is 2.18. The van der Waals surface area contributed by atoms with Crippen LogP contribution in [0.2, 0.25) is 5.02 Å². The van der Waals surface area contributed by atoms with Gasteiger partial charge in [0.15, 0.2) is 0 Å². The Hall–Kier alpha value is -2.21. The molecule has 3 heteroatoms. The average Bonchev–Trinajstić information content (AvgIpc) is 2.87. The quantitative estimate of drug-likeness (QED) is 0.551. The number of likely N-dealkylation sites (N-methyl/N-ethyl adjacent to an activating group) is 1. The Kier molecular flexibility index (Phi) is 3.84. The molecule has 24 heavy (non-hydrogen) atoms. The third-order valence-corrected chi connectivity index (χ3v) is 4.90. The molecule has 0 aliphatic carbocycles. The zero-order valence-corrected chi connectivity index (χ0v) is 14.7. The number of hydrogen-bond donors (Lipinski definition) is 0. The van der Waals surface area contributed by atoms with Gasteiger partial charge in [-0.25, -0.2) is 0 Å². The molecule has 2 heterocycles. The monoisotopic (exact) mass is 334 g/mol. The van der Waals surface area contributed by atoms with Gasteiger partial charge in [-0.2, -0.15) is 0 Å². The second kappa shape index (κ2) is 6.02. The Morgan fingerprint density at radius 1 is 1.08 bits per heavy atom. The van der Waals surface area contributed by atoms with E-state index in [0.717, 1.165) is 30.1 Å². The summed E-state index contributed by atoms with van der Waals surface area (Å²) in [6.07, 6.45) is 1.04. The molecule has 0 radical (unpaired) electrons. The molecule has 0 saturated heterocycles. The Labute approximate surface area is 147 Å². The van der Waals surface area contributed by atoms with E-state index in [2.05, 4.69) is 53.6 Å². The number of halogens is 1. The second-order valence-electron chi connectivity index (χ2n) is 6.51. The van der Waals surface area contributed by atoms with Crippen molar-refractivity contribution in [2.75, 3.05) is 13.6 Å². The number of fused-ring (bicyclic) bond motifs is 3. The van der Waals surface area contributed by atoms with Crippen molar-refractivity contribution in [2.24, 2.45) is 0 Å². The van der Waals surface area contributed by atoms with Gasteiger partial charge >= 0.3 is 0 Å². The van der Waals surface area contributed by atoms with Crippen LogP contribution < -0.4 is 0 Å². The lowest BCUT2D eigenvalue weighted by Crippen LogP contribution is -2.27. The minimum Gasteiger partial charge on any atom is -0.302 e. The largest absolute Gasteiger partial charge is 0.302 e. The molecule has 0 bridgehead atoms. The zero-order chi connectivity index (χ0) is 16.7. The standard InChI is InChI=1S/C21H19ClN2/c1-15-3-8-20-18(13-15)19-14-23(2)11-10-21(19)24(20)12-9-16-4-6-17(22)7-5-16/h3-8,13H,10-11,14H2,1-2H3. The molecule has 0 amide bonds. The molecule has 120 valence electrons. The van der Waals surface area contributed by atoms with E-state index in [4.69, 9.17) is 11.6 Å². The molecule has 0 saturated carbocycles. The molecule has 1 aliphatic rings. The van der Waals surface area contributed by atoms with E-state index >= 15 is 0 Å². The molecule has 0 unspecified atom stereocenters. The van der Waals surface area contributed by atoms with E-state index in [1.165, 1.54) is 27.7 Å². The van der Waals surface area contributed by atoms with E-state index in [-0.39, 0.29) is 0 Å². The van der Waals surface area contributed by atoms with Crippen LogP contribution in [0.3, 0.4) is 0 Å². The zero-order valence-electron chi connectivity index (χ0n) is 13.9. The van der Waals surface area contributed by atoms with E-state index in [1.54, 1.807) is 0 Å². The van der Waals surface area contributed by atoms with Gasteiger partial charge in [-0.3, -0.25) is 4.57 Å². The van der Waals surface area contributed by atoms with Gasteiger partial charge in [0.25, 0.3) is 0 Å². The van der Waals surface area contributed by atoms with Crippen LogP contribution in [0.15, 0.2) is 42.5 Å². The number of benzene rings is 2. The van der Waals surface area contributed by atoms with Crippen molar-refractivity contribution in [3.8, 4) is 12.0 Å². The topological polar surface area (TPSA) is 8.17 Å². The predicted octanol–water partition coefficient (Wildman–Crippen LogP) is 4.45. The summed E-state index contributed by atoms with van der Waals surface area (Å²) < 4.78 is 2.19. The smallest absolute Gasteiger partial charge is 0.0618 e. The summed E-state index contributed by atoms with van der Waals surface area (Å²) in [6, 6.07) is 17.7. The van der Waals surface area contributed by atoms with Crippen molar-refractivity contribution in [3.63, 3.8) is 0 Å². The van der Waals surface area contributed by atoms with E-state index < -0.39 is 0 Å². The lowest BCUT2D eigenvalue weighted by atomic mass is 10.0. The summed E-state index contributed by atoms with van der Waals surface area (Å²) in [6.45, 7) is 4.21. The van der Waals surface area contributed by atoms with Crippen molar-refractivity contribution in [2.45, 2.75) is 19.9 Å². The lowest BCUT2D eigenvalue weighted by molar-refractivity contribution is 0.311. The first-order valence-corrected chi connectivity index (χ1v) is 8.58. The number of aromatic nitrogens is 1. The molecule has 0 atom stereocenters. The van der Waals surface area contributed by atoms with Crippen LogP contribution in [0, 0.1) is 18.9 Å². The predicted molar refractivity (Wildman–Crippen MR) is 100 cm³/mol. The molecule has 2 nitrogen and oxygen atoms in total. The van der Waals surface area contributed by atoms with E-state index in [9.17, 15) is 0 Å². The Balaban J connectivity index is 1.88. The van der Waals surface area contributed by atoms with Gasteiger partial charge in [0.2, 0.25) is 0 Å². The highest BCUT2D eigenvalue weighted by Gasteiger charge is 2.21. The Bertz CT molecular complexity index is 971. The summed E-state index contributed by atoms with van der Waals surface area (Å²) >= 11 is 5.95. The molecule has 1 aromatic heterocycles. The van der Waals surface area contributed by atoms with Crippen LogP contribution in [0.4, 0.5) is 0 Å². The summed E-state index contributed by atoms with van der Waals surface area (Å²) in [5.74, 6) is 3.28. The summed E-state index contributed by atoms with van der Waals surface area (Å²) in [5, 5.41) is 2.07. The van der Waals surface area contributed by atoms with E-state index in [1.807, 2.05) is 24.3 Å². The van der Waals surface area contributed by atoms with Gasteiger partial charge in [0.1, 0.15) is 0 Å². The van der Waals surface area contributed by atoms with Crippen LogP contribution in [-0.4, -0.2) is 23.1 Å². The maximum absolute atomic E-state index is 5.95. The molecule has 0 N–H and O–H groups in total. The van der Waals surface area contributed by atoms with Gasteiger partial charge in [-0.1, -0.05) is 23.2 Å². The molecule has 3 aromatic rings. The van der Waals surface area contributed by atoms with Gasteiger partial charge in [0.05, 0.1) is 5.52 Å². The normalized spacial score (nSPS) is 14.3. The van der Waals surface area contributed by atoms with Gasteiger partial charge in [-0.15, -0.1) is 0 Å². The van der Waals surface area contributed by atoms with Crippen LogP contribution >= 0.6 is 11.6 Å². The molecule has 0 fully saturated rings. The highest BCUT2D eigenvalue weighted by molar-refractivity contribution is 6.30. The van der Waals surface area contributed by atoms with Crippen molar-refractivity contribution < 1.29 is 0 Å². The number of aryl methyl sites for hydroxylation is 1. The first-order valence-electron chi connectivity index (χ1n) is 8.21. The van der Waals surface area contributed by atoms with Gasteiger partial charge in [0, 0.05) is 47.2 Å². The maximum Gasteiger partial charge on any atom is 0.0618 e. The Morgan fingerprint density at radius 3 is 2.67 bits per heavy atom. The molecule has 4 rings (SSSR count). The van der Waals surface area contributed by atoms with Crippen LogP contribution in [0.5, 0.6) is 0 Å². The number of rotatable bonds is 0. The highest BCUT2D eigenvalue weighted by atomic mass is 35.5. The maximum atomic E-state index is 5.95. The first kappa shape index (κ1) is 15.3. The van der Waals surface area contributed by atoms with Crippen LogP contribution in [0.25, 0.3) is 10.9 Å². The molecule has 0 spiro atoms. The number of nitrogens with zero attached hydrogens (tertiary/aromatic N) is 2.